The summed E-state index contributed by atoms with van der Waals surface area (Å²) >= 11 is 7.38. The van der Waals surface area contributed by atoms with Gasteiger partial charge in [-0.2, -0.15) is 0 Å². The Morgan fingerprint density at radius 3 is 2.59 bits per heavy atom. The molecule has 7 nitrogen and oxygen atoms in total. The van der Waals surface area contributed by atoms with E-state index in [1.807, 2.05) is 17.5 Å². The number of benzene rings is 2. The van der Waals surface area contributed by atoms with Gasteiger partial charge in [0, 0.05) is 21.7 Å². The minimum atomic E-state index is -0.202. The standard InChI is InChI=1S/C23H21ClN4O3S/c1-28(12-20(29)25-16-7-9-17(31-2)10-8-16)11-19-26-22(30)21-18(13-32-23(21)27-19)14-3-5-15(24)6-4-14/h3-10,13H,11-12H2,1-2H3,(H,25,29)(H,26,27,30). The topological polar surface area (TPSA) is 87.3 Å². The second-order valence-corrected chi connectivity index (χ2v) is 8.59. The number of carbonyl (C=O) groups excluding carboxylic acids is 1. The summed E-state index contributed by atoms with van der Waals surface area (Å²) in [5, 5.41) is 5.96. The normalized spacial score (nSPS) is 11.1. The zero-order chi connectivity index (χ0) is 22.7. The number of ether oxygens (including phenoxy) is 1. The van der Waals surface area contributed by atoms with E-state index in [1.54, 1.807) is 55.5 Å². The van der Waals surface area contributed by atoms with Gasteiger partial charge in [-0.1, -0.05) is 23.7 Å². The lowest BCUT2D eigenvalue weighted by molar-refractivity contribution is -0.117. The number of likely N-dealkylation sites (N-methyl/N-ethyl adjacent to an activating group) is 1. The molecule has 0 aliphatic carbocycles. The highest BCUT2D eigenvalue weighted by molar-refractivity contribution is 7.17. The van der Waals surface area contributed by atoms with E-state index in [4.69, 9.17) is 16.3 Å². The summed E-state index contributed by atoms with van der Waals surface area (Å²) in [7, 11) is 3.39. The number of rotatable bonds is 7. The fraction of sp³-hybridized carbons (Fsp3) is 0.174. The van der Waals surface area contributed by atoms with Crippen LogP contribution in [0, 0.1) is 0 Å². The van der Waals surface area contributed by atoms with Gasteiger partial charge in [-0.25, -0.2) is 4.98 Å². The molecule has 0 aliphatic heterocycles. The van der Waals surface area contributed by atoms with Gasteiger partial charge in [0.2, 0.25) is 5.91 Å². The van der Waals surface area contributed by atoms with Crippen LogP contribution in [0.1, 0.15) is 5.82 Å². The molecule has 4 aromatic rings. The van der Waals surface area contributed by atoms with Crippen LogP contribution in [0.2, 0.25) is 5.02 Å². The molecule has 1 amide bonds. The predicted octanol–water partition coefficient (Wildman–Crippen LogP) is 4.38. The zero-order valence-corrected chi connectivity index (χ0v) is 19.1. The molecular weight excluding hydrogens is 448 g/mol. The van der Waals surface area contributed by atoms with E-state index in [-0.39, 0.29) is 18.0 Å². The van der Waals surface area contributed by atoms with Crippen molar-refractivity contribution in [2.45, 2.75) is 6.54 Å². The maximum atomic E-state index is 12.8. The number of nitrogens with one attached hydrogen (secondary N) is 2. The van der Waals surface area contributed by atoms with Gasteiger partial charge in [-0.05, 0) is 49.0 Å². The van der Waals surface area contributed by atoms with E-state index in [2.05, 4.69) is 15.3 Å². The number of nitrogens with zero attached hydrogens (tertiary/aromatic N) is 2. The first kappa shape index (κ1) is 22.0. The Kier molecular flexibility index (Phi) is 6.55. The third-order valence-corrected chi connectivity index (χ3v) is 5.98. The summed E-state index contributed by atoms with van der Waals surface area (Å²) in [6.45, 7) is 0.476. The van der Waals surface area contributed by atoms with Gasteiger partial charge < -0.3 is 15.0 Å². The average molecular weight is 469 g/mol. The highest BCUT2D eigenvalue weighted by atomic mass is 35.5. The smallest absolute Gasteiger partial charge is 0.260 e. The fourth-order valence-electron chi connectivity index (χ4n) is 3.34. The van der Waals surface area contributed by atoms with E-state index in [9.17, 15) is 9.59 Å². The molecule has 164 valence electrons. The summed E-state index contributed by atoms with van der Waals surface area (Å²) in [4.78, 5) is 35.0. The number of fused-ring (bicyclic) bond motifs is 1. The third kappa shape index (κ3) is 4.99. The molecular formula is C23H21ClN4O3S. The van der Waals surface area contributed by atoms with Crippen LogP contribution < -0.4 is 15.6 Å². The lowest BCUT2D eigenvalue weighted by atomic mass is 10.1. The summed E-state index contributed by atoms with van der Waals surface area (Å²) < 4.78 is 5.12. The summed E-state index contributed by atoms with van der Waals surface area (Å²) in [6, 6.07) is 14.5. The molecule has 0 saturated heterocycles. The minimum Gasteiger partial charge on any atom is -0.497 e. The quantitative estimate of drug-likeness (QED) is 0.420. The van der Waals surface area contributed by atoms with Gasteiger partial charge >= 0.3 is 0 Å². The highest BCUT2D eigenvalue weighted by Crippen LogP contribution is 2.31. The van der Waals surface area contributed by atoms with Crippen molar-refractivity contribution in [1.82, 2.24) is 14.9 Å². The molecule has 2 heterocycles. The number of halogens is 1. The van der Waals surface area contributed by atoms with Crippen LogP contribution in [-0.4, -0.2) is 41.5 Å². The van der Waals surface area contributed by atoms with Crippen molar-refractivity contribution in [3.05, 3.63) is 75.1 Å². The molecule has 0 fully saturated rings. The third-order valence-electron chi connectivity index (χ3n) is 4.86. The Morgan fingerprint density at radius 2 is 1.91 bits per heavy atom. The zero-order valence-electron chi connectivity index (χ0n) is 17.5. The lowest BCUT2D eigenvalue weighted by Gasteiger charge is -2.15. The molecule has 0 unspecified atom stereocenters. The molecule has 2 aromatic carbocycles. The van der Waals surface area contributed by atoms with E-state index >= 15 is 0 Å². The summed E-state index contributed by atoms with van der Waals surface area (Å²) in [6.07, 6.45) is 0. The first-order valence-electron chi connectivity index (χ1n) is 9.81. The van der Waals surface area contributed by atoms with E-state index < -0.39 is 0 Å². The number of hydrogen-bond acceptors (Lipinski definition) is 6. The minimum absolute atomic E-state index is 0.147. The average Bonchev–Trinajstić information content (AvgIpc) is 3.19. The number of thiophene rings is 1. The van der Waals surface area contributed by atoms with Crippen molar-refractivity contribution in [3.8, 4) is 16.9 Å². The Balaban J connectivity index is 1.45. The SMILES string of the molecule is COc1ccc(NC(=O)CN(C)Cc2nc3scc(-c4ccc(Cl)cc4)c3c(=O)[nH]2)cc1. The van der Waals surface area contributed by atoms with Crippen molar-refractivity contribution in [2.75, 3.05) is 26.0 Å². The van der Waals surface area contributed by atoms with Gasteiger partial charge in [0.25, 0.3) is 5.56 Å². The number of aromatic amines is 1. The van der Waals surface area contributed by atoms with Gasteiger partial charge in [0.1, 0.15) is 16.4 Å². The van der Waals surface area contributed by atoms with Gasteiger partial charge in [0.05, 0.1) is 25.6 Å². The second-order valence-electron chi connectivity index (χ2n) is 7.30. The van der Waals surface area contributed by atoms with E-state index in [0.29, 0.717) is 33.3 Å². The summed E-state index contributed by atoms with van der Waals surface area (Å²) in [5.74, 6) is 1.06. The first-order valence-corrected chi connectivity index (χ1v) is 11.1. The maximum Gasteiger partial charge on any atom is 0.260 e. The van der Waals surface area contributed by atoms with Crippen molar-refractivity contribution in [3.63, 3.8) is 0 Å². The molecule has 2 N–H and O–H groups in total. The first-order chi connectivity index (χ1) is 15.4. The van der Waals surface area contributed by atoms with Crippen LogP contribution in [0.25, 0.3) is 21.3 Å². The molecule has 0 spiro atoms. The lowest BCUT2D eigenvalue weighted by Crippen LogP contribution is -2.31. The Hall–Kier alpha value is -3.20. The Morgan fingerprint density at radius 1 is 1.19 bits per heavy atom. The van der Waals surface area contributed by atoms with Crippen molar-refractivity contribution in [2.24, 2.45) is 0 Å². The van der Waals surface area contributed by atoms with Gasteiger partial charge in [-0.15, -0.1) is 11.3 Å². The molecule has 0 aliphatic rings. The Bertz CT molecular complexity index is 1300. The van der Waals surface area contributed by atoms with E-state index in [0.717, 1.165) is 16.9 Å². The van der Waals surface area contributed by atoms with Gasteiger partial charge in [0.15, 0.2) is 0 Å². The summed E-state index contributed by atoms with van der Waals surface area (Å²) in [5.41, 5.74) is 2.22. The number of H-pyrrole nitrogens is 1. The van der Waals surface area contributed by atoms with Crippen molar-refractivity contribution in [1.29, 1.82) is 0 Å². The number of methoxy groups -OCH3 is 1. The van der Waals surface area contributed by atoms with Crippen LogP contribution in [0.15, 0.2) is 58.7 Å². The monoisotopic (exact) mass is 468 g/mol. The predicted molar refractivity (Wildman–Crippen MR) is 129 cm³/mol. The molecule has 0 atom stereocenters. The maximum absolute atomic E-state index is 12.8. The van der Waals surface area contributed by atoms with Crippen molar-refractivity contribution < 1.29 is 9.53 Å². The van der Waals surface area contributed by atoms with Gasteiger partial charge in [-0.3, -0.25) is 14.5 Å². The highest BCUT2D eigenvalue weighted by Gasteiger charge is 2.15. The number of hydrogen-bond donors (Lipinski definition) is 2. The fourth-order valence-corrected chi connectivity index (χ4v) is 4.43. The Labute approximate surface area is 193 Å². The molecule has 9 heteroatoms. The second kappa shape index (κ2) is 9.52. The molecule has 0 bridgehead atoms. The molecule has 4 rings (SSSR count). The number of amides is 1. The van der Waals surface area contributed by atoms with Crippen LogP contribution in [0.3, 0.4) is 0 Å². The number of anilines is 1. The van der Waals surface area contributed by atoms with Crippen molar-refractivity contribution >= 4 is 44.7 Å². The van der Waals surface area contributed by atoms with Crippen LogP contribution in [0.5, 0.6) is 5.75 Å². The largest absolute Gasteiger partial charge is 0.497 e. The van der Waals surface area contributed by atoms with E-state index in [1.165, 1.54) is 11.3 Å². The number of aromatic nitrogens is 2. The number of carbonyl (C=O) groups is 1. The molecule has 0 saturated carbocycles. The van der Waals surface area contributed by atoms with Crippen LogP contribution in [0.4, 0.5) is 5.69 Å². The van der Waals surface area contributed by atoms with Crippen LogP contribution >= 0.6 is 22.9 Å². The molecule has 2 aromatic heterocycles. The molecule has 0 radical (unpaired) electrons. The molecule has 32 heavy (non-hydrogen) atoms. The van der Waals surface area contributed by atoms with Crippen LogP contribution in [-0.2, 0) is 11.3 Å².